The summed E-state index contributed by atoms with van der Waals surface area (Å²) < 4.78 is 4.64. The summed E-state index contributed by atoms with van der Waals surface area (Å²) in [7, 11) is 1.88. The van der Waals surface area contributed by atoms with Crippen LogP contribution in [0.5, 0.6) is 0 Å². The molecule has 0 atom stereocenters. The van der Waals surface area contributed by atoms with E-state index >= 15 is 0 Å². The van der Waals surface area contributed by atoms with Gasteiger partial charge >= 0.3 is 5.95 Å². The summed E-state index contributed by atoms with van der Waals surface area (Å²) in [4.78, 5) is 12.4. The molecule has 4 nitrogen and oxygen atoms in total. The highest BCUT2D eigenvalue weighted by Crippen LogP contribution is 2.22. The Hall–Kier alpha value is -2.11. The fourth-order valence-corrected chi connectivity index (χ4v) is 2.90. The molecule has 122 valence electrons. The van der Waals surface area contributed by atoms with Crippen molar-refractivity contribution < 1.29 is 9.36 Å². The molecule has 0 aliphatic heterocycles. The molecule has 0 bridgehead atoms. The molecule has 3 aromatic rings. The topological polar surface area (TPSA) is 51.9 Å². The molecule has 3 rings (SSSR count). The number of hydrogen-bond donors (Lipinski definition) is 1. The average Bonchev–Trinajstić information content (AvgIpc) is 2.85. The smallest absolute Gasteiger partial charge is 0.291 e. The number of benzene rings is 2. The van der Waals surface area contributed by atoms with Crippen LogP contribution in [0.4, 0.5) is 5.95 Å². The third-order valence-corrected chi connectivity index (χ3v) is 4.68. The van der Waals surface area contributed by atoms with Crippen molar-refractivity contribution in [1.82, 2.24) is 4.57 Å². The number of hydrogen-bond acceptors (Lipinski definition) is 2. The molecule has 0 aliphatic carbocycles. The van der Waals surface area contributed by atoms with Gasteiger partial charge in [0.05, 0.1) is 7.05 Å². The first-order chi connectivity index (χ1) is 11.5. The molecule has 1 heterocycles. The van der Waals surface area contributed by atoms with Crippen LogP contribution in [0.1, 0.15) is 10.4 Å². The maximum absolute atomic E-state index is 12.4. The summed E-state index contributed by atoms with van der Waals surface area (Å²) in [6, 6.07) is 14.8. The number of nitrogen functional groups attached to an aromatic ring is 1. The Bertz CT molecular complexity index is 886. The number of halogens is 2. The standard InChI is InChI=1S/C18H15BrClN3O/c1-22-16(12-2-6-14(19)7-3-12)10-23(18(22)21)11-17(24)13-4-8-15(20)9-5-13/h2-10,21H,11H2,1H3/p+1. The molecular formula is C18H16BrClN3O+. The lowest BCUT2D eigenvalue weighted by Gasteiger charge is -2.00. The minimum Gasteiger partial charge on any atom is -0.291 e. The van der Waals surface area contributed by atoms with Gasteiger partial charge in [-0.15, -0.1) is 0 Å². The van der Waals surface area contributed by atoms with Crippen LogP contribution in [0.15, 0.2) is 59.2 Å². The summed E-state index contributed by atoms with van der Waals surface area (Å²) in [5, 5.41) is 0.607. The van der Waals surface area contributed by atoms with E-state index in [9.17, 15) is 4.79 Å². The maximum atomic E-state index is 12.4. The SMILES string of the molecule is Cn1c(-c2ccc(Br)cc2)c[n+](CC(=O)c2ccc(Cl)cc2)c1N. The largest absolute Gasteiger partial charge is 0.355 e. The lowest BCUT2D eigenvalue weighted by Crippen LogP contribution is -2.39. The van der Waals surface area contributed by atoms with Crippen LogP contribution in [-0.2, 0) is 13.6 Å². The quantitative estimate of drug-likeness (QED) is 0.529. The van der Waals surface area contributed by atoms with Gasteiger partial charge in [-0.2, -0.15) is 0 Å². The zero-order valence-corrected chi connectivity index (χ0v) is 15.4. The van der Waals surface area contributed by atoms with Crippen molar-refractivity contribution in [2.45, 2.75) is 6.54 Å². The first-order valence-corrected chi connectivity index (χ1v) is 8.52. The lowest BCUT2D eigenvalue weighted by molar-refractivity contribution is -0.667. The predicted molar refractivity (Wildman–Crippen MR) is 98.9 cm³/mol. The molecule has 2 aromatic carbocycles. The molecule has 0 spiro atoms. The summed E-state index contributed by atoms with van der Waals surface area (Å²) >= 11 is 9.29. The second kappa shape index (κ2) is 6.79. The zero-order valence-electron chi connectivity index (χ0n) is 13.0. The van der Waals surface area contributed by atoms with E-state index < -0.39 is 0 Å². The fraction of sp³-hybridized carbons (Fsp3) is 0.111. The third-order valence-electron chi connectivity index (χ3n) is 3.90. The number of aromatic nitrogens is 2. The van der Waals surface area contributed by atoms with Crippen molar-refractivity contribution in [1.29, 1.82) is 0 Å². The van der Waals surface area contributed by atoms with Gasteiger partial charge in [0, 0.05) is 20.6 Å². The van der Waals surface area contributed by atoms with E-state index in [1.54, 1.807) is 28.8 Å². The monoisotopic (exact) mass is 404 g/mol. The number of anilines is 1. The van der Waals surface area contributed by atoms with Crippen LogP contribution >= 0.6 is 27.5 Å². The number of rotatable bonds is 4. The van der Waals surface area contributed by atoms with Gasteiger partial charge in [-0.1, -0.05) is 39.7 Å². The van der Waals surface area contributed by atoms with Crippen molar-refractivity contribution in [3.05, 3.63) is 69.8 Å². The Kier molecular flexibility index (Phi) is 4.73. The van der Waals surface area contributed by atoms with E-state index in [0.29, 0.717) is 16.5 Å². The Morgan fingerprint density at radius 2 is 1.79 bits per heavy atom. The van der Waals surface area contributed by atoms with Crippen molar-refractivity contribution in [3.8, 4) is 11.3 Å². The van der Waals surface area contributed by atoms with E-state index in [1.165, 1.54) is 0 Å². The average molecular weight is 406 g/mol. The maximum Gasteiger partial charge on any atom is 0.355 e. The number of nitrogens with two attached hydrogens (primary N) is 1. The number of carbonyl (C=O) groups excluding carboxylic acids is 1. The van der Waals surface area contributed by atoms with Crippen LogP contribution in [0.3, 0.4) is 0 Å². The molecule has 2 N–H and O–H groups in total. The van der Waals surface area contributed by atoms with Crippen LogP contribution in [0, 0.1) is 0 Å². The van der Waals surface area contributed by atoms with E-state index in [0.717, 1.165) is 15.7 Å². The second-order valence-corrected chi connectivity index (χ2v) is 6.85. The summed E-state index contributed by atoms with van der Waals surface area (Å²) in [6.45, 7) is 0.178. The summed E-state index contributed by atoms with van der Waals surface area (Å²) in [5.74, 6) is 0.506. The highest BCUT2D eigenvalue weighted by atomic mass is 79.9. The number of imidazole rings is 1. The first-order valence-electron chi connectivity index (χ1n) is 7.35. The van der Waals surface area contributed by atoms with E-state index in [1.807, 2.05) is 42.1 Å². The molecule has 6 heteroatoms. The van der Waals surface area contributed by atoms with Crippen molar-refractivity contribution in [2.24, 2.45) is 7.05 Å². The minimum absolute atomic E-state index is 0.0173. The van der Waals surface area contributed by atoms with E-state index in [-0.39, 0.29) is 12.3 Å². The van der Waals surface area contributed by atoms with Crippen molar-refractivity contribution >= 4 is 39.3 Å². The third kappa shape index (κ3) is 3.37. The Balaban J connectivity index is 1.89. The molecule has 1 aromatic heterocycles. The molecule has 0 amide bonds. The highest BCUT2D eigenvalue weighted by Gasteiger charge is 2.20. The van der Waals surface area contributed by atoms with Gasteiger partial charge in [-0.25, -0.2) is 9.13 Å². The van der Waals surface area contributed by atoms with Crippen LogP contribution in [0.25, 0.3) is 11.3 Å². The zero-order chi connectivity index (χ0) is 17.3. The van der Waals surface area contributed by atoms with Gasteiger partial charge in [-0.3, -0.25) is 10.5 Å². The highest BCUT2D eigenvalue weighted by molar-refractivity contribution is 9.10. The normalized spacial score (nSPS) is 10.8. The first kappa shape index (κ1) is 16.7. The summed E-state index contributed by atoms with van der Waals surface area (Å²) in [5.41, 5.74) is 8.76. The Morgan fingerprint density at radius 3 is 2.42 bits per heavy atom. The molecule has 0 saturated heterocycles. The van der Waals surface area contributed by atoms with E-state index in [4.69, 9.17) is 17.3 Å². The predicted octanol–water partition coefficient (Wildman–Crippen LogP) is 3.86. The van der Waals surface area contributed by atoms with Gasteiger partial charge in [0.15, 0.2) is 5.78 Å². The number of nitrogens with zero attached hydrogens (tertiary/aromatic N) is 2. The molecule has 0 fully saturated rings. The number of Topliss-reactive ketones (excluding diaryl/α,β-unsaturated/α-hetero) is 1. The van der Waals surface area contributed by atoms with E-state index in [2.05, 4.69) is 15.9 Å². The Labute approximate surface area is 153 Å². The second-order valence-electron chi connectivity index (χ2n) is 5.50. The molecular weight excluding hydrogens is 390 g/mol. The van der Waals surface area contributed by atoms with Gasteiger partial charge in [0.1, 0.15) is 18.4 Å². The van der Waals surface area contributed by atoms with Crippen molar-refractivity contribution in [2.75, 3.05) is 5.73 Å². The number of ketones is 1. The Morgan fingerprint density at radius 1 is 1.17 bits per heavy atom. The van der Waals surface area contributed by atoms with Gasteiger partial charge in [0.25, 0.3) is 0 Å². The fourth-order valence-electron chi connectivity index (χ4n) is 2.51. The van der Waals surface area contributed by atoms with Crippen molar-refractivity contribution in [3.63, 3.8) is 0 Å². The molecule has 0 unspecified atom stereocenters. The van der Waals surface area contributed by atoms with Crippen LogP contribution < -0.4 is 10.3 Å². The van der Waals surface area contributed by atoms with Gasteiger partial charge in [0.2, 0.25) is 0 Å². The van der Waals surface area contributed by atoms with Crippen LogP contribution in [0.2, 0.25) is 5.02 Å². The van der Waals surface area contributed by atoms with Gasteiger partial charge in [-0.05, 0) is 36.4 Å². The molecule has 0 saturated carbocycles. The molecule has 0 aliphatic rings. The molecule has 0 radical (unpaired) electrons. The molecule has 24 heavy (non-hydrogen) atoms. The number of carbonyl (C=O) groups is 1. The van der Waals surface area contributed by atoms with Crippen LogP contribution in [-0.4, -0.2) is 10.4 Å². The summed E-state index contributed by atoms with van der Waals surface area (Å²) in [6.07, 6.45) is 1.90. The lowest BCUT2D eigenvalue weighted by atomic mass is 10.1. The van der Waals surface area contributed by atoms with Gasteiger partial charge < -0.3 is 0 Å². The minimum atomic E-state index is -0.0173.